The van der Waals surface area contributed by atoms with Gasteiger partial charge in [-0.1, -0.05) is 30.3 Å². The summed E-state index contributed by atoms with van der Waals surface area (Å²) < 4.78 is 15.3. The number of halogens is 1. The van der Waals surface area contributed by atoms with Crippen LogP contribution in [0.2, 0.25) is 0 Å². The molecule has 31 heavy (non-hydrogen) atoms. The standard InChI is InChI=1S/C23H21FN4O3/c24-20-9-5-4-8-19(20)22(30)26-17-10-12-27(13-11-17)23(31)21(29)16-14-25-28(15-16)18-6-2-1-3-7-18/h1-9,14-15,17H,10-13H2,(H,26,30). The van der Waals surface area contributed by atoms with Crippen LogP contribution >= 0.6 is 0 Å². The van der Waals surface area contributed by atoms with Crippen molar-refractivity contribution in [1.82, 2.24) is 20.0 Å². The summed E-state index contributed by atoms with van der Waals surface area (Å²) in [7, 11) is 0. The molecule has 1 aliphatic rings. The molecule has 0 unspecified atom stereocenters. The minimum atomic E-state index is -0.615. The van der Waals surface area contributed by atoms with Crippen molar-refractivity contribution in [1.29, 1.82) is 0 Å². The second-order valence-electron chi connectivity index (χ2n) is 7.36. The van der Waals surface area contributed by atoms with Gasteiger partial charge < -0.3 is 10.2 Å². The molecule has 1 aliphatic heterocycles. The third kappa shape index (κ3) is 4.53. The van der Waals surface area contributed by atoms with Crippen LogP contribution in [0.4, 0.5) is 4.39 Å². The van der Waals surface area contributed by atoms with Gasteiger partial charge in [0.05, 0.1) is 23.0 Å². The Morgan fingerprint density at radius 2 is 1.65 bits per heavy atom. The Kier molecular flexibility index (Phi) is 5.88. The minimum Gasteiger partial charge on any atom is -0.349 e. The highest BCUT2D eigenvalue weighted by Gasteiger charge is 2.29. The fourth-order valence-corrected chi connectivity index (χ4v) is 3.56. The van der Waals surface area contributed by atoms with Crippen molar-refractivity contribution >= 4 is 17.6 Å². The number of nitrogens with one attached hydrogen (secondary N) is 1. The summed E-state index contributed by atoms with van der Waals surface area (Å²) >= 11 is 0. The lowest BCUT2D eigenvalue weighted by molar-refractivity contribution is -0.127. The summed E-state index contributed by atoms with van der Waals surface area (Å²) in [4.78, 5) is 39.0. The molecule has 0 spiro atoms. The number of nitrogens with zero attached hydrogens (tertiary/aromatic N) is 3. The number of rotatable bonds is 5. The van der Waals surface area contributed by atoms with E-state index >= 15 is 0 Å². The second-order valence-corrected chi connectivity index (χ2v) is 7.36. The smallest absolute Gasteiger partial charge is 0.295 e. The molecule has 0 saturated carbocycles. The summed E-state index contributed by atoms with van der Waals surface area (Å²) in [6.45, 7) is 0.666. The molecule has 0 aliphatic carbocycles. The maximum Gasteiger partial charge on any atom is 0.295 e. The number of para-hydroxylation sites is 1. The Morgan fingerprint density at radius 1 is 0.968 bits per heavy atom. The molecule has 3 aromatic rings. The number of amides is 2. The van der Waals surface area contributed by atoms with E-state index in [1.807, 2.05) is 30.3 Å². The monoisotopic (exact) mass is 420 g/mol. The average Bonchev–Trinajstić information content (AvgIpc) is 3.30. The molecule has 158 valence electrons. The van der Waals surface area contributed by atoms with Crippen molar-refractivity contribution in [3.05, 3.63) is 83.9 Å². The van der Waals surface area contributed by atoms with Crippen LogP contribution in [-0.2, 0) is 4.79 Å². The first-order valence-corrected chi connectivity index (χ1v) is 10.0. The van der Waals surface area contributed by atoms with Gasteiger partial charge in [0.15, 0.2) is 0 Å². The van der Waals surface area contributed by atoms with E-state index in [4.69, 9.17) is 0 Å². The third-order valence-corrected chi connectivity index (χ3v) is 5.30. The van der Waals surface area contributed by atoms with E-state index in [2.05, 4.69) is 10.4 Å². The average molecular weight is 420 g/mol. The van der Waals surface area contributed by atoms with Crippen molar-refractivity contribution in [2.75, 3.05) is 13.1 Å². The van der Waals surface area contributed by atoms with Crippen LogP contribution in [-0.4, -0.2) is 51.4 Å². The molecule has 0 bridgehead atoms. The number of Topliss-reactive ketones (excluding diaryl/α,β-unsaturated/α-hetero) is 1. The number of hydrogen-bond acceptors (Lipinski definition) is 4. The molecule has 2 aromatic carbocycles. The molecule has 1 saturated heterocycles. The SMILES string of the molecule is O=C(C(=O)N1CCC(NC(=O)c2ccccc2F)CC1)c1cnn(-c2ccccc2)c1. The number of carbonyl (C=O) groups is 3. The first-order chi connectivity index (χ1) is 15.0. The zero-order valence-electron chi connectivity index (χ0n) is 16.7. The van der Waals surface area contributed by atoms with Gasteiger partial charge in [-0.2, -0.15) is 5.10 Å². The quantitative estimate of drug-likeness (QED) is 0.508. The van der Waals surface area contributed by atoms with E-state index in [0.717, 1.165) is 5.69 Å². The third-order valence-electron chi connectivity index (χ3n) is 5.30. The number of ketones is 1. The number of hydrogen-bond donors (Lipinski definition) is 1. The van der Waals surface area contributed by atoms with Crippen molar-refractivity contribution in [2.24, 2.45) is 0 Å². The van der Waals surface area contributed by atoms with Crippen molar-refractivity contribution in [2.45, 2.75) is 18.9 Å². The summed E-state index contributed by atoms with van der Waals surface area (Å²) in [5.74, 6) is -2.26. The predicted molar refractivity (Wildman–Crippen MR) is 111 cm³/mol. The van der Waals surface area contributed by atoms with Gasteiger partial charge in [-0.15, -0.1) is 0 Å². The molecule has 4 rings (SSSR count). The second kappa shape index (κ2) is 8.91. The summed E-state index contributed by atoms with van der Waals surface area (Å²) in [5.41, 5.74) is 1.01. The maximum absolute atomic E-state index is 13.8. The van der Waals surface area contributed by atoms with Crippen molar-refractivity contribution in [3.63, 3.8) is 0 Å². The minimum absolute atomic E-state index is 0.00777. The molecule has 8 heteroatoms. The Bertz CT molecular complexity index is 1100. The lowest BCUT2D eigenvalue weighted by atomic mass is 10.0. The van der Waals surface area contributed by atoms with Crippen molar-refractivity contribution in [3.8, 4) is 5.69 Å². The lowest BCUT2D eigenvalue weighted by Gasteiger charge is -2.31. The zero-order valence-corrected chi connectivity index (χ0v) is 16.7. The van der Waals surface area contributed by atoms with E-state index in [0.29, 0.717) is 25.9 Å². The number of aromatic nitrogens is 2. The van der Waals surface area contributed by atoms with Gasteiger partial charge in [0.1, 0.15) is 5.82 Å². The van der Waals surface area contributed by atoms with Crippen LogP contribution in [0.5, 0.6) is 0 Å². The van der Waals surface area contributed by atoms with Crippen molar-refractivity contribution < 1.29 is 18.8 Å². The van der Waals surface area contributed by atoms with E-state index in [1.165, 1.54) is 35.5 Å². The van der Waals surface area contributed by atoms with Gasteiger partial charge in [0.2, 0.25) is 0 Å². The molecule has 1 N–H and O–H groups in total. The Hall–Kier alpha value is -3.81. The summed E-state index contributed by atoms with van der Waals surface area (Å²) in [5, 5.41) is 6.97. The van der Waals surface area contributed by atoms with E-state index in [1.54, 1.807) is 10.7 Å². The summed E-state index contributed by atoms with van der Waals surface area (Å²) in [6.07, 6.45) is 3.90. The largest absolute Gasteiger partial charge is 0.349 e. The van der Waals surface area contributed by atoms with Gasteiger partial charge in [-0.3, -0.25) is 14.4 Å². The molecular formula is C23H21FN4O3. The lowest BCUT2D eigenvalue weighted by Crippen LogP contribution is -2.48. The van der Waals surface area contributed by atoms with Crippen LogP contribution in [0.3, 0.4) is 0 Å². The Morgan fingerprint density at radius 3 is 2.35 bits per heavy atom. The number of likely N-dealkylation sites (tertiary alicyclic amines) is 1. The number of piperidine rings is 1. The first-order valence-electron chi connectivity index (χ1n) is 10.0. The molecule has 7 nitrogen and oxygen atoms in total. The highest BCUT2D eigenvalue weighted by Crippen LogP contribution is 2.15. The van der Waals surface area contributed by atoms with Gasteiger partial charge >= 0.3 is 0 Å². The molecule has 0 radical (unpaired) electrons. The Labute approximate surface area is 178 Å². The summed E-state index contributed by atoms with van der Waals surface area (Å²) in [6, 6.07) is 14.9. The van der Waals surface area contributed by atoms with E-state index in [9.17, 15) is 18.8 Å². The van der Waals surface area contributed by atoms with Crippen LogP contribution in [0.25, 0.3) is 5.69 Å². The first kappa shape index (κ1) is 20.5. The van der Waals surface area contributed by atoms with Gasteiger partial charge in [-0.05, 0) is 37.1 Å². The van der Waals surface area contributed by atoms with Crippen LogP contribution in [0, 0.1) is 5.82 Å². The van der Waals surface area contributed by atoms with Crippen LogP contribution in [0.15, 0.2) is 67.0 Å². The van der Waals surface area contributed by atoms with Crippen LogP contribution in [0.1, 0.15) is 33.6 Å². The molecule has 2 amide bonds. The topological polar surface area (TPSA) is 84.3 Å². The van der Waals surface area contributed by atoms with E-state index in [-0.39, 0.29) is 17.2 Å². The highest BCUT2D eigenvalue weighted by atomic mass is 19.1. The molecule has 0 atom stereocenters. The molecule has 1 aromatic heterocycles. The van der Waals surface area contributed by atoms with Gasteiger partial charge in [-0.25, -0.2) is 9.07 Å². The van der Waals surface area contributed by atoms with Gasteiger partial charge in [0, 0.05) is 25.3 Å². The van der Waals surface area contributed by atoms with E-state index < -0.39 is 23.4 Å². The normalized spacial score (nSPS) is 14.3. The fourth-order valence-electron chi connectivity index (χ4n) is 3.56. The zero-order chi connectivity index (χ0) is 21.8. The number of benzene rings is 2. The van der Waals surface area contributed by atoms with Gasteiger partial charge in [0.25, 0.3) is 17.6 Å². The molecular weight excluding hydrogens is 399 g/mol. The maximum atomic E-state index is 13.8. The number of carbonyl (C=O) groups excluding carboxylic acids is 3. The van der Waals surface area contributed by atoms with Crippen LogP contribution < -0.4 is 5.32 Å². The highest BCUT2D eigenvalue weighted by molar-refractivity contribution is 6.42. The Balaban J connectivity index is 1.33. The fraction of sp³-hybridized carbons (Fsp3) is 0.217. The molecule has 1 fully saturated rings. The molecule has 2 heterocycles. The predicted octanol–water partition coefficient (Wildman–Crippen LogP) is 2.62.